The second kappa shape index (κ2) is 10.9. The van der Waals surface area contributed by atoms with Crippen LogP contribution < -0.4 is 0 Å². The van der Waals surface area contributed by atoms with Crippen molar-refractivity contribution in [1.82, 2.24) is 0 Å². The van der Waals surface area contributed by atoms with E-state index in [0.717, 1.165) is 21.5 Å². The van der Waals surface area contributed by atoms with Gasteiger partial charge in [-0.05, 0) is 99.9 Å². The normalized spacial score (nSPS) is 16.0. The van der Waals surface area contributed by atoms with Crippen LogP contribution in [0.4, 0.5) is 0 Å². The fourth-order valence-corrected chi connectivity index (χ4v) is 7.61. The number of benzene rings is 10. The third-order valence-electron chi connectivity index (χ3n) is 9.77. The quantitative estimate of drug-likeness (QED) is 0.172. The van der Waals surface area contributed by atoms with Gasteiger partial charge in [0.15, 0.2) is 0 Å². The van der Waals surface area contributed by atoms with Crippen LogP contribution >= 0.6 is 0 Å². The van der Waals surface area contributed by atoms with Crippen molar-refractivity contribution < 1.29 is 25.0 Å². The number of para-hydroxylation sites is 1. The standard InChI is InChI=1S/C50H30O/c1-4-17-35-31(13-1)16-11-25-39(35)47-40-20-7-9-22-42(40)48(43-23-10-8-21-41(43)47)45-30-34(29-33-15-3-5-18-36(33)45)38-24-12-26-44-49-37-19-6-2-14-32(37)27-28-46(49)51-50(38)44/h1-30H/i1D,4D,7D,8D,9D,10D,11D,13D,16D,17D,20D,21D,22D,23D,25D. The lowest BCUT2D eigenvalue weighted by molar-refractivity contribution is 0.670. The molecule has 0 saturated carbocycles. The van der Waals surface area contributed by atoms with Crippen molar-refractivity contribution in [2.75, 3.05) is 0 Å². The van der Waals surface area contributed by atoms with Gasteiger partial charge in [-0.15, -0.1) is 0 Å². The lowest BCUT2D eigenvalue weighted by Crippen LogP contribution is -1.93. The lowest BCUT2D eigenvalue weighted by atomic mass is 9.83. The molecule has 51 heavy (non-hydrogen) atoms. The molecule has 1 heterocycles. The van der Waals surface area contributed by atoms with E-state index in [1.165, 1.54) is 0 Å². The number of rotatable bonds is 3. The first-order valence-corrected chi connectivity index (χ1v) is 16.4. The van der Waals surface area contributed by atoms with E-state index >= 15 is 0 Å². The molecule has 0 aliphatic heterocycles. The average molecular weight is 662 g/mol. The van der Waals surface area contributed by atoms with Gasteiger partial charge in [-0.3, -0.25) is 0 Å². The Labute approximate surface area is 315 Å². The van der Waals surface area contributed by atoms with Crippen LogP contribution in [-0.2, 0) is 0 Å². The first kappa shape index (κ1) is 17.3. The molecule has 0 radical (unpaired) electrons. The van der Waals surface area contributed by atoms with Crippen LogP contribution in [0, 0.1) is 0 Å². The van der Waals surface area contributed by atoms with Gasteiger partial charge in [0, 0.05) is 16.3 Å². The summed E-state index contributed by atoms with van der Waals surface area (Å²) in [4.78, 5) is 0. The van der Waals surface area contributed by atoms with E-state index in [-0.39, 0.29) is 32.7 Å². The number of furan rings is 1. The summed E-state index contributed by atoms with van der Waals surface area (Å²) < 4.78 is 143. The number of hydrogen-bond acceptors (Lipinski definition) is 1. The van der Waals surface area contributed by atoms with Crippen LogP contribution in [-0.4, -0.2) is 0 Å². The summed E-state index contributed by atoms with van der Waals surface area (Å²) in [5, 5.41) is 3.18. The van der Waals surface area contributed by atoms with Crippen molar-refractivity contribution in [3.8, 4) is 33.4 Å². The molecule has 11 aromatic rings. The van der Waals surface area contributed by atoms with Gasteiger partial charge in [0.25, 0.3) is 0 Å². The van der Waals surface area contributed by atoms with Crippen molar-refractivity contribution in [2.45, 2.75) is 0 Å². The molecule has 0 fully saturated rings. The van der Waals surface area contributed by atoms with E-state index in [2.05, 4.69) is 0 Å². The number of hydrogen-bond donors (Lipinski definition) is 0. The van der Waals surface area contributed by atoms with Crippen molar-refractivity contribution in [2.24, 2.45) is 0 Å². The molecule has 0 aliphatic rings. The van der Waals surface area contributed by atoms with E-state index in [1.807, 2.05) is 72.8 Å². The maximum absolute atomic E-state index is 9.63. The van der Waals surface area contributed by atoms with Crippen LogP contribution in [0.5, 0.6) is 0 Å². The van der Waals surface area contributed by atoms with Gasteiger partial charge in [-0.25, -0.2) is 0 Å². The minimum absolute atomic E-state index is 0.0181. The van der Waals surface area contributed by atoms with Crippen molar-refractivity contribution in [1.29, 1.82) is 0 Å². The Morgan fingerprint density at radius 1 is 0.373 bits per heavy atom. The molecule has 0 atom stereocenters. The van der Waals surface area contributed by atoms with Crippen LogP contribution in [0.1, 0.15) is 20.6 Å². The van der Waals surface area contributed by atoms with E-state index < -0.39 is 107 Å². The van der Waals surface area contributed by atoms with Gasteiger partial charge in [0.1, 0.15) is 11.2 Å². The predicted octanol–water partition coefficient (Wildman–Crippen LogP) is 14.4. The third kappa shape index (κ3) is 4.16. The smallest absolute Gasteiger partial charge is 0.143 e. The highest BCUT2D eigenvalue weighted by molar-refractivity contribution is 6.26. The monoisotopic (exact) mass is 661 g/mol. The molecule has 0 aliphatic carbocycles. The molecule has 0 N–H and O–H groups in total. The topological polar surface area (TPSA) is 13.1 Å². The minimum Gasteiger partial charge on any atom is -0.455 e. The summed E-state index contributed by atoms with van der Waals surface area (Å²) in [7, 11) is 0. The van der Waals surface area contributed by atoms with E-state index in [9.17, 15) is 6.85 Å². The maximum atomic E-state index is 9.63. The van der Waals surface area contributed by atoms with Gasteiger partial charge < -0.3 is 4.42 Å². The van der Waals surface area contributed by atoms with Crippen LogP contribution in [0.3, 0.4) is 0 Å². The Kier molecular flexibility index (Phi) is 3.70. The first-order chi connectivity index (χ1) is 31.5. The third-order valence-corrected chi connectivity index (χ3v) is 9.77. The van der Waals surface area contributed by atoms with Crippen LogP contribution in [0.25, 0.3) is 109 Å². The predicted molar refractivity (Wildman–Crippen MR) is 218 cm³/mol. The molecule has 0 spiro atoms. The van der Waals surface area contributed by atoms with E-state index in [1.54, 1.807) is 18.2 Å². The molecule has 0 amide bonds. The fourth-order valence-electron chi connectivity index (χ4n) is 7.61. The average Bonchev–Trinajstić information content (AvgIpc) is 3.72. The first-order valence-electron chi connectivity index (χ1n) is 23.9. The molecule has 1 aromatic heterocycles. The highest BCUT2D eigenvalue weighted by atomic mass is 16.3. The van der Waals surface area contributed by atoms with Gasteiger partial charge in [0.05, 0.1) is 20.6 Å². The zero-order valence-corrected chi connectivity index (χ0v) is 26.6. The molecule has 10 aromatic carbocycles. The second-order valence-electron chi connectivity index (χ2n) is 12.4. The van der Waals surface area contributed by atoms with E-state index in [4.69, 9.17) is 18.1 Å². The fraction of sp³-hybridized carbons (Fsp3) is 0. The summed E-state index contributed by atoms with van der Waals surface area (Å²) in [6.07, 6.45) is 0. The molecule has 0 saturated heterocycles. The zero-order chi connectivity index (χ0) is 46.5. The van der Waals surface area contributed by atoms with Gasteiger partial charge in [0.2, 0.25) is 0 Å². The SMILES string of the molecule is [2H]c1c([2H])c([2H])c2c(-c3c4c([2H])c([2H])c([2H])c([2H])c4c(-c4cc(-c5cccc6c5oc5ccc7ccccc7c56)cc5ccccc45)c4c([2H])c([2H])c([2H])c([2H])c34)c([2H])c([2H])c([2H])c2c1[2H]. The molecule has 0 unspecified atom stereocenters. The summed E-state index contributed by atoms with van der Waals surface area (Å²) in [5.41, 5.74) is 2.06. The molecule has 1 nitrogen and oxygen atoms in total. The Hall–Kier alpha value is -6.70. The lowest BCUT2D eigenvalue weighted by Gasteiger charge is -2.20. The largest absolute Gasteiger partial charge is 0.455 e. The minimum atomic E-state index is -0.763. The van der Waals surface area contributed by atoms with Gasteiger partial charge in [-0.2, -0.15) is 0 Å². The highest BCUT2D eigenvalue weighted by Crippen LogP contribution is 2.48. The Morgan fingerprint density at radius 2 is 0.980 bits per heavy atom. The van der Waals surface area contributed by atoms with Crippen molar-refractivity contribution in [3.63, 3.8) is 0 Å². The molecule has 1 heteroatoms. The Morgan fingerprint density at radius 3 is 1.75 bits per heavy atom. The summed E-state index contributed by atoms with van der Waals surface area (Å²) in [5.74, 6) is 0. The van der Waals surface area contributed by atoms with Crippen LogP contribution in [0.2, 0.25) is 0 Å². The van der Waals surface area contributed by atoms with Gasteiger partial charge in [-0.1, -0.05) is 163 Å². The highest BCUT2D eigenvalue weighted by Gasteiger charge is 2.21. The summed E-state index contributed by atoms with van der Waals surface area (Å²) >= 11 is 0. The summed E-state index contributed by atoms with van der Waals surface area (Å²) in [6.45, 7) is 0. The molecule has 236 valence electrons. The zero-order valence-electron chi connectivity index (χ0n) is 41.6. The maximum Gasteiger partial charge on any atom is 0.143 e. The Bertz CT molecular complexity index is 3970. The molecule has 0 bridgehead atoms. The van der Waals surface area contributed by atoms with Gasteiger partial charge >= 0.3 is 0 Å². The van der Waals surface area contributed by atoms with E-state index in [0.29, 0.717) is 38.6 Å². The molecule has 11 rings (SSSR count). The molecular weight excluding hydrogens is 617 g/mol. The molecular formula is C50H30O. The Balaban J connectivity index is 1.39. The summed E-state index contributed by atoms with van der Waals surface area (Å²) in [6, 6.07) is 18.4. The van der Waals surface area contributed by atoms with Crippen molar-refractivity contribution >= 4 is 75.8 Å². The number of fused-ring (bicyclic) bond motifs is 9. The van der Waals surface area contributed by atoms with Crippen LogP contribution in [0.15, 0.2) is 186 Å². The second-order valence-corrected chi connectivity index (χ2v) is 12.4. The van der Waals surface area contributed by atoms with Crippen molar-refractivity contribution in [3.05, 3.63) is 182 Å².